The van der Waals surface area contributed by atoms with Crippen LogP contribution in [0, 0.1) is 5.92 Å². The summed E-state index contributed by atoms with van der Waals surface area (Å²) in [7, 11) is 0. The van der Waals surface area contributed by atoms with Gasteiger partial charge in [-0.25, -0.2) is 5.48 Å². The normalized spacial score (nSPS) is 21.6. The van der Waals surface area contributed by atoms with Gasteiger partial charge in [-0.05, 0) is 81.1 Å². The molecule has 0 radical (unpaired) electrons. The summed E-state index contributed by atoms with van der Waals surface area (Å²) in [6.07, 6.45) is 4.80. The Morgan fingerprint density at radius 3 is 2.52 bits per heavy atom. The molecule has 1 aliphatic heterocycles. The Labute approximate surface area is 184 Å². The van der Waals surface area contributed by atoms with E-state index >= 15 is 0 Å². The van der Waals surface area contributed by atoms with Crippen LogP contribution in [0.5, 0.6) is 5.75 Å². The maximum atomic E-state index is 11.3. The van der Waals surface area contributed by atoms with Gasteiger partial charge in [-0.1, -0.05) is 30.3 Å². The Bertz CT molecular complexity index is 820. The highest BCUT2D eigenvalue weighted by molar-refractivity contribution is 5.93. The average Bonchev–Trinajstić information content (AvgIpc) is 3.61. The van der Waals surface area contributed by atoms with E-state index in [1.165, 1.54) is 37.9 Å². The van der Waals surface area contributed by atoms with Gasteiger partial charge in [-0.15, -0.1) is 0 Å². The number of amides is 1. The number of carbonyl (C=O) groups is 1. The highest BCUT2D eigenvalue weighted by Crippen LogP contribution is 2.40. The van der Waals surface area contributed by atoms with Gasteiger partial charge in [0.15, 0.2) is 0 Å². The fraction of sp³-hybridized carbons (Fsp3) is 0.480. The molecule has 2 aromatic carbocycles. The molecule has 1 saturated carbocycles. The molecule has 0 spiro atoms. The van der Waals surface area contributed by atoms with Crippen molar-refractivity contribution in [3.63, 3.8) is 0 Å². The van der Waals surface area contributed by atoms with Crippen LogP contribution in [0.15, 0.2) is 54.6 Å². The largest absolute Gasteiger partial charge is 0.494 e. The number of benzene rings is 2. The third-order valence-corrected chi connectivity index (χ3v) is 6.50. The number of nitrogens with one attached hydrogen (secondary N) is 2. The summed E-state index contributed by atoms with van der Waals surface area (Å²) < 4.78 is 5.77. The first-order valence-corrected chi connectivity index (χ1v) is 11.4. The minimum atomic E-state index is -0.515. The standard InChI is InChI=1S/C25H33N3O3/c29-25(27-30)21-7-9-22(10-8-21)31-16-4-13-28-14-11-19(12-15-28)18-26-24-17-23(24)20-5-2-1-3-6-20/h1-3,5-10,19,23-24,26,30H,4,11-18H2,(H,27,29). The third kappa shape index (κ3) is 6.29. The highest BCUT2D eigenvalue weighted by Gasteiger charge is 2.38. The van der Waals surface area contributed by atoms with Gasteiger partial charge in [0, 0.05) is 24.1 Å². The molecular formula is C25H33N3O3. The molecule has 6 nitrogen and oxygen atoms in total. The fourth-order valence-corrected chi connectivity index (χ4v) is 4.47. The van der Waals surface area contributed by atoms with Gasteiger partial charge >= 0.3 is 0 Å². The van der Waals surface area contributed by atoms with Crippen molar-refractivity contribution >= 4 is 5.91 Å². The number of rotatable bonds is 10. The SMILES string of the molecule is O=C(NO)c1ccc(OCCCN2CCC(CNC3CC3c3ccccc3)CC2)cc1. The van der Waals surface area contributed by atoms with Crippen molar-refractivity contribution in [1.82, 2.24) is 15.7 Å². The van der Waals surface area contributed by atoms with E-state index in [0.717, 1.165) is 31.2 Å². The summed E-state index contributed by atoms with van der Waals surface area (Å²) >= 11 is 0. The second-order valence-electron chi connectivity index (χ2n) is 8.72. The van der Waals surface area contributed by atoms with Gasteiger partial charge < -0.3 is 15.0 Å². The van der Waals surface area contributed by atoms with Gasteiger partial charge in [0.1, 0.15) is 5.75 Å². The monoisotopic (exact) mass is 423 g/mol. The van der Waals surface area contributed by atoms with Gasteiger partial charge in [0.2, 0.25) is 0 Å². The van der Waals surface area contributed by atoms with Crippen LogP contribution in [0.4, 0.5) is 0 Å². The lowest BCUT2D eigenvalue weighted by molar-refractivity contribution is 0.0706. The maximum absolute atomic E-state index is 11.3. The number of piperidine rings is 1. The molecule has 2 fully saturated rings. The Hall–Kier alpha value is -2.41. The minimum Gasteiger partial charge on any atom is -0.494 e. The van der Waals surface area contributed by atoms with E-state index in [4.69, 9.17) is 9.94 Å². The second-order valence-corrected chi connectivity index (χ2v) is 8.72. The van der Waals surface area contributed by atoms with Crippen LogP contribution in [0.3, 0.4) is 0 Å². The molecule has 2 aromatic rings. The van der Waals surface area contributed by atoms with Gasteiger partial charge in [0.05, 0.1) is 6.61 Å². The molecule has 0 bridgehead atoms. The molecule has 2 aliphatic rings. The Morgan fingerprint density at radius 2 is 1.81 bits per heavy atom. The van der Waals surface area contributed by atoms with Crippen LogP contribution in [-0.4, -0.2) is 54.8 Å². The van der Waals surface area contributed by atoms with Gasteiger partial charge in [-0.2, -0.15) is 0 Å². The van der Waals surface area contributed by atoms with Crippen molar-refractivity contribution in [3.8, 4) is 5.75 Å². The van der Waals surface area contributed by atoms with E-state index in [0.29, 0.717) is 24.1 Å². The zero-order valence-corrected chi connectivity index (χ0v) is 18.0. The number of carbonyl (C=O) groups excluding carboxylic acids is 1. The van der Waals surface area contributed by atoms with Crippen molar-refractivity contribution in [2.75, 3.05) is 32.8 Å². The molecule has 0 aromatic heterocycles. The summed E-state index contributed by atoms with van der Waals surface area (Å²) in [6.45, 7) is 5.21. The molecule has 2 atom stereocenters. The predicted octanol–water partition coefficient (Wildman–Crippen LogP) is 3.43. The first-order chi connectivity index (χ1) is 15.2. The highest BCUT2D eigenvalue weighted by atomic mass is 16.5. The molecule has 2 unspecified atom stereocenters. The molecule has 1 aliphatic carbocycles. The quantitative estimate of drug-likeness (QED) is 0.310. The molecule has 3 N–H and O–H groups in total. The van der Waals surface area contributed by atoms with E-state index in [9.17, 15) is 4.79 Å². The minimum absolute atomic E-state index is 0.407. The topological polar surface area (TPSA) is 73.8 Å². The average molecular weight is 424 g/mol. The zero-order valence-electron chi connectivity index (χ0n) is 18.0. The van der Waals surface area contributed by atoms with Crippen molar-refractivity contribution < 1.29 is 14.7 Å². The van der Waals surface area contributed by atoms with E-state index in [2.05, 4.69) is 40.5 Å². The van der Waals surface area contributed by atoms with Crippen LogP contribution in [0.25, 0.3) is 0 Å². The Morgan fingerprint density at radius 1 is 1.06 bits per heavy atom. The van der Waals surface area contributed by atoms with Gasteiger partial charge in [-0.3, -0.25) is 10.0 Å². The summed E-state index contributed by atoms with van der Waals surface area (Å²) in [6, 6.07) is 18.3. The van der Waals surface area contributed by atoms with Gasteiger partial charge in [0.25, 0.3) is 5.91 Å². The summed E-state index contributed by atoms with van der Waals surface area (Å²) in [5.41, 5.74) is 3.51. The van der Waals surface area contributed by atoms with Crippen molar-refractivity contribution in [3.05, 3.63) is 65.7 Å². The lowest BCUT2D eigenvalue weighted by atomic mass is 9.96. The van der Waals surface area contributed by atoms with Crippen LogP contribution >= 0.6 is 0 Å². The molecule has 1 saturated heterocycles. The smallest absolute Gasteiger partial charge is 0.274 e. The fourth-order valence-electron chi connectivity index (χ4n) is 4.47. The molecule has 166 valence electrons. The molecular weight excluding hydrogens is 390 g/mol. The van der Waals surface area contributed by atoms with E-state index in [-0.39, 0.29) is 0 Å². The number of hydrogen-bond acceptors (Lipinski definition) is 5. The van der Waals surface area contributed by atoms with Crippen LogP contribution in [-0.2, 0) is 0 Å². The van der Waals surface area contributed by atoms with Crippen LogP contribution in [0.2, 0.25) is 0 Å². The summed E-state index contributed by atoms with van der Waals surface area (Å²) in [5, 5.41) is 12.4. The second kappa shape index (κ2) is 10.8. The van der Waals surface area contributed by atoms with E-state index in [1.807, 2.05) is 0 Å². The lowest BCUT2D eigenvalue weighted by Crippen LogP contribution is -2.38. The number of hydrogen-bond donors (Lipinski definition) is 3. The maximum Gasteiger partial charge on any atom is 0.274 e. The van der Waals surface area contributed by atoms with Crippen LogP contribution < -0.4 is 15.5 Å². The van der Waals surface area contributed by atoms with E-state index in [1.54, 1.807) is 29.7 Å². The third-order valence-electron chi connectivity index (χ3n) is 6.50. The molecule has 1 heterocycles. The van der Waals surface area contributed by atoms with E-state index < -0.39 is 5.91 Å². The van der Waals surface area contributed by atoms with Crippen LogP contribution in [0.1, 0.15) is 47.5 Å². The summed E-state index contributed by atoms with van der Waals surface area (Å²) in [5.74, 6) is 1.73. The molecule has 6 heteroatoms. The molecule has 31 heavy (non-hydrogen) atoms. The number of nitrogens with zero attached hydrogens (tertiary/aromatic N) is 1. The molecule has 1 amide bonds. The first-order valence-electron chi connectivity index (χ1n) is 11.4. The Kier molecular flexibility index (Phi) is 7.57. The number of hydroxylamine groups is 1. The van der Waals surface area contributed by atoms with Crippen molar-refractivity contribution in [1.29, 1.82) is 0 Å². The molecule has 4 rings (SSSR count). The number of ether oxygens (including phenoxy) is 1. The Balaban J connectivity index is 1.06. The summed E-state index contributed by atoms with van der Waals surface area (Å²) in [4.78, 5) is 13.9. The lowest BCUT2D eigenvalue weighted by Gasteiger charge is -2.32. The first kappa shape index (κ1) is 21.8. The predicted molar refractivity (Wildman–Crippen MR) is 121 cm³/mol. The number of likely N-dealkylation sites (tertiary alicyclic amines) is 1. The van der Waals surface area contributed by atoms with Crippen molar-refractivity contribution in [2.24, 2.45) is 5.92 Å². The zero-order chi connectivity index (χ0) is 21.5. The van der Waals surface area contributed by atoms with Crippen molar-refractivity contribution in [2.45, 2.75) is 37.6 Å².